The van der Waals surface area contributed by atoms with Crippen LogP contribution in [-0.2, 0) is 0 Å². The van der Waals surface area contributed by atoms with Gasteiger partial charge in [0.1, 0.15) is 24.8 Å². The molecule has 0 aromatic heterocycles. The van der Waals surface area contributed by atoms with Crippen LogP contribution in [0, 0.1) is 0 Å². The Bertz CT molecular complexity index is 517. The second-order valence-corrected chi connectivity index (χ2v) is 3.78. The molecule has 17 heavy (non-hydrogen) atoms. The summed E-state index contributed by atoms with van der Waals surface area (Å²) >= 11 is 0. The van der Waals surface area contributed by atoms with E-state index in [0.717, 1.165) is 17.2 Å². The van der Waals surface area contributed by atoms with Gasteiger partial charge in [-0.1, -0.05) is 24.3 Å². The Kier molecular flexibility index (Phi) is 3.55. The third kappa shape index (κ3) is 2.94. The van der Waals surface area contributed by atoms with Gasteiger partial charge in [-0.25, -0.2) is 4.58 Å². The molecule has 2 aromatic rings. The molecule has 0 N–H and O–H groups in total. The highest BCUT2D eigenvalue weighted by Gasteiger charge is 2.04. The molecule has 2 nitrogen and oxygen atoms in total. The van der Waals surface area contributed by atoms with Crippen LogP contribution in [0.4, 0.5) is 5.69 Å². The minimum absolute atomic E-state index is 0.849. The fourth-order valence-electron chi connectivity index (χ4n) is 1.54. The summed E-state index contributed by atoms with van der Waals surface area (Å²) in [4.78, 5) is 0. The van der Waals surface area contributed by atoms with E-state index in [1.807, 2.05) is 68.7 Å². The summed E-state index contributed by atoms with van der Waals surface area (Å²) in [5.41, 5.74) is 1.11. The maximum absolute atomic E-state index is 5.77. The Hall–Kier alpha value is -2.09. The van der Waals surface area contributed by atoms with Crippen molar-refractivity contribution in [3.05, 3.63) is 54.6 Å². The van der Waals surface area contributed by atoms with Gasteiger partial charge in [-0.2, -0.15) is 0 Å². The highest BCUT2D eigenvalue weighted by molar-refractivity contribution is 5.51. The fraction of sp³-hybridized carbons (Fsp3) is 0.133. The first-order valence-electron chi connectivity index (χ1n) is 5.65. The second-order valence-electron chi connectivity index (χ2n) is 3.78. The largest absolute Gasteiger partial charge is 0.457 e. The first-order valence-corrected chi connectivity index (χ1v) is 5.65. The zero-order valence-corrected chi connectivity index (χ0v) is 10.1. The van der Waals surface area contributed by atoms with Crippen molar-refractivity contribution in [2.45, 2.75) is 6.92 Å². The van der Waals surface area contributed by atoms with E-state index in [2.05, 4.69) is 10.6 Å². The molecule has 0 aliphatic rings. The van der Waals surface area contributed by atoms with Gasteiger partial charge in [0, 0.05) is 13.0 Å². The van der Waals surface area contributed by atoms with Gasteiger partial charge < -0.3 is 4.74 Å². The maximum atomic E-state index is 5.77. The van der Waals surface area contributed by atoms with Crippen molar-refractivity contribution in [1.82, 2.24) is 0 Å². The van der Waals surface area contributed by atoms with Gasteiger partial charge in [0.05, 0.1) is 6.07 Å². The van der Waals surface area contributed by atoms with E-state index in [1.165, 1.54) is 0 Å². The quantitative estimate of drug-likeness (QED) is 0.572. The van der Waals surface area contributed by atoms with Crippen LogP contribution >= 0.6 is 0 Å². The van der Waals surface area contributed by atoms with Gasteiger partial charge in [-0.3, -0.25) is 0 Å². The van der Waals surface area contributed by atoms with Gasteiger partial charge in [-0.15, -0.1) is 0 Å². The molecule has 0 atom stereocenters. The number of para-hydroxylation sites is 1. The lowest BCUT2D eigenvalue weighted by Gasteiger charge is -2.05. The number of nitrogens with zero attached hydrogens (tertiary/aromatic N) is 1. The van der Waals surface area contributed by atoms with Gasteiger partial charge in [0.15, 0.2) is 0 Å². The molecule has 0 saturated heterocycles. The molecule has 0 fully saturated rings. The number of hydrogen-bond donors (Lipinski definition) is 0. The van der Waals surface area contributed by atoms with E-state index in [1.54, 1.807) is 0 Å². The Morgan fingerprint density at radius 1 is 0.941 bits per heavy atom. The summed E-state index contributed by atoms with van der Waals surface area (Å²) in [6.07, 6.45) is 2.02. The van der Waals surface area contributed by atoms with Crippen molar-refractivity contribution in [2.75, 3.05) is 7.05 Å². The van der Waals surface area contributed by atoms with Crippen molar-refractivity contribution in [3.8, 4) is 11.5 Å². The molecule has 2 aromatic carbocycles. The fourth-order valence-corrected chi connectivity index (χ4v) is 1.54. The Morgan fingerprint density at radius 2 is 1.65 bits per heavy atom. The van der Waals surface area contributed by atoms with E-state index in [0.29, 0.717) is 0 Å². The average molecular weight is 226 g/mol. The van der Waals surface area contributed by atoms with Gasteiger partial charge in [0.2, 0.25) is 5.69 Å². The van der Waals surface area contributed by atoms with E-state index in [9.17, 15) is 0 Å². The number of hydrogen-bond acceptors (Lipinski definition) is 1. The normalized spacial score (nSPS) is 11.3. The minimum atomic E-state index is 0.849. The summed E-state index contributed by atoms with van der Waals surface area (Å²) in [7, 11) is 2.02. The molecule has 0 unspecified atom stereocenters. The summed E-state index contributed by atoms with van der Waals surface area (Å²) in [5, 5.41) is 0. The number of rotatable bonds is 3. The molecule has 0 heterocycles. The van der Waals surface area contributed by atoms with Crippen LogP contribution in [-0.4, -0.2) is 17.8 Å². The molecule has 0 saturated carbocycles. The third-order valence-electron chi connectivity index (χ3n) is 2.59. The molecule has 0 aliphatic heterocycles. The molecule has 0 amide bonds. The van der Waals surface area contributed by atoms with Crippen LogP contribution in [0.5, 0.6) is 11.5 Å². The molecular weight excluding hydrogens is 210 g/mol. The van der Waals surface area contributed by atoms with Crippen molar-refractivity contribution < 1.29 is 9.31 Å². The lowest BCUT2D eigenvalue weighted by Crippen LogP contribution is -1.96. The van der Waals surface area contributed by atoms with E-state index >= 15 is 0 Å². The monoisotopic (exact) mass is 226 g/mol. The lowest BCUT2D eigenvalue weighted by molar-refractivity contribution is -0.400. The Morgan fingerprint density at radius 3 is 2.35 bits per heavy atom. The van der Waals surface area contributed by atoms with Crippen LogP contribution in [0.3, 0.4) is 0 Å². The van der Waals surface area contributed by atoms with Crippen molar-refractivity contribution >= 4 is 11.9 Å². The lowest BCUT2D eigenvalue weighted by atomic mass is 10.3. The van der Waals surface area contributed by atoms with E-state index < -0.39 is 0 Å². The average Bonchev–Trinajstić information content (AvgIpc) is 2.39. The third-order valence-corrected chi connectivity index (χ3v) is 2.59. The SMILES string of the molecule is CC=[N+](C)c1cccc(Oc2ccccc2)c1. The number of benzene rings is 2. The smallest absolute Gasteiger partial charge is 0.208 e. The minimum Gasteiger partial charge on any atom is -0.457 e. The topological polar surface area (TPSA) is 12.2 Å². The summed E-state index contributed by atoms with van der Waals surface area (Å²) < 4.78 is 7.83. The van der Waals surface area contributed by atoms with Crippen LogP contribution in [0.25, 0.3) is 0 Å². The molecule has 2 heteroatoms. The molecule has 0 aliphatic carbocycles. The van der Waals surface area contributed by atoms with Gasteiger partial charge in [-0.05, 0) is 18.2 Å². The van der Waals surface area contributed by atoms with E-state index in [4.69, 9.17) is 4.74 Å². The second kappa shape index (κ2) is 5.30. The summed E-state index contributed by atoms with van der Waals surface area (Å²) in [5.74, 6) is 1.70. The highest BCUT2D eigenvalue weighted by atomic mass is 16.5. The highest BCUT2D eigenvalue weighted by Crippen LogP contribution is 2.24. The van der Waals surface area contributed by atoms with Crippen LogP contribution < -0.4 is 4.74 Å². The molecule has 0 bridgehead atoms. The summed E-state index contributed by atoms with van der Waals surface area (Å²) in [6, 6.07) is 17.8. The summed E-state index contributed by atoms with van der Waals surface area (Å²) in [6.45, 7) is 2.00. The number of ether oxygens (including phenoxy) is 1. The Balaban J connectivity index is 2.23. The zero-order valence-electron chi connectivity index (χ0n) is 10.1. The predicted molar refractivity (Wildman–Crippen MR) is 70.5 cm³/mol. The van der Waals surface area contributed by atoms with Crippen LogP contribution in [0.15, 0.2) is 54.6 Å². The first kappa shape index (κ1) is 11.4. The molecular formula is C15H16NO+. The van der Waals surface area contributed by atoms with Gasteiger partial charge in [0.25, 0.3) is 0 Å². The van der Waals surface area contributed by atoms with E-state index in [-0.39, 0.29) is 0 Å². The molecule has 0 spiro atoms. The predicted octanol–water partition coefficient (Wildman–Crippen LogP) is 3.84. The molecule has 86 valence electrons. The van der Waals surface area contributed by atoms with Crippen molar-refractivity contribution in [2.24, 2.45) is 0 Å². The molecule has 0 radical (unpaired) electrons. The van der Waals surface area contributed by atoms with Gasteiger partial charge >= 0.3 is 0 Å². The molecule has 2 rings (SSSR count). The van der Waals surface area contributed by atoms with Crippen molar-refractivity contribution in [3.63, 3.8) is 0 Å². The van der Waals surface area contributed by atoms with Crippen molar-refractivity contribution in [1.29, 1.82) is 0 Å². The Labute approximate surface area is 102 Å². The van der Waals surface area contributed by atoms with Crippen LogP contribution in [0.2, 0.25) is 0 Å². The first-order chi connectivity index (χ1) is 8.29. The zero-order chi connectivity index (χ0) is 12.1. The van der Waals surface area contributed by atoms with Crippen LogP contribution in [0.1, 0.15) is 6.92 Å². The standard InChI is InChI=1S/C15H16NO/c1-3-16(2)13-8-7-11-15(12-13)17-14-9-5-4-6-10-14/h3-12H,1-2H3/q+1. The maximum Gasteiger partial charge on any atom is 0.208 e.